The van der Waals surface area contributed by atoms with Crippen LogP contribution in [-0.4, -0.2) is 29.5 Å². The Labute approximate surface area is 108 Å². The van der Waals surface area contributed by atoms with Gasteiger partial charge in [-0.1, -0.05) is 38.2 Å². The van der Waals surface area contributed by atoms with Gasteiger partial charge in [0.15, 0.2) is 0 Å². The third-order valence-electron chi connectivity index (χ3n) is 3.89. The van der Waals surface area contributed by atoms with Crippen LogP contribution in [0, 0.1) is 11.8 Å². The second-order valence-electron chi connectivity index (χ2n) is 4.61. The van der Waals surface area contributed by atoms with E-state index in [4.69, 9.17) is 10.3 Å². The van der Waals surface area contributed by atoms with E-state index in [-0.39, 0.29) is 17.6 Å². The molecule has 2 atom stereocenters. The number of methoxy groups -OCH3 is 1. The van der Waals surface area contributed by atoms with Crippen LogP contribution in [0.15, 0.2) is 25.3 Å². The van der Waals surface area contributed by atoms with Crippen LogP contribution in [0.4, 0.5) is 0 Å². The molecule has 0 heterocycles. The number of hydrogen-bond donors (Lipinski definition) is 0. The molecule has 1 rings (SSSR count). The average Bonchev–Trinajstić information content (AvgIpc) is 2.42. The molecular formula is C14H20N2O2. The largest absolute Gasteiger partial charge is 0.370 e. The summed E-state index contributed by atoms with van der Waals surface area (Å²) in [5.41, 5.74) is 7.81. The summed E-state index contributed by atoms with van der Waals surface area (Å²) in [6.45, 7) is 7.60. The first kappa shape index (κ1) is 14.6. The fraction of sp³-hybridized carbons (Fsp3) is 0.571. The Bertz CT molecular complexity index is 375. The highest BCUT2D eigenvalue weighted by Gasteiger charge is 2.43. The van der Waals surface area contributed by atoms with Crippen LogP contribution < -0.4 is 0 Å². The maximum Gasteiger partial charge on any atom is 0.323 e. The van der Waals surface area contributed by atoms with Gasteiger partial charge in [0.25, 0.3) is 0 Å². The molecule has 0 aromatic carbocycles. The van der Waals surface area contributed by atoms with Gasteiger partial charge >= 0.3 is 6.21 Å². The van der Waals surface area contributed by atoms with E-state index in [9.17, 15) is 4.79 Å². The predicted octanol–water partition coefficient (Wildman–Crippen LogP) is 2.42. The number of carbonyl (C=O) groups is 1. The molecule has 98 valence electrons. The minimum atomic E-state index is -0.690. The van der Waals surface area contributed by atoms with Gasteiger partial charge < -0.3 is 10.3 Å². The molecule has 0 aromatic heterocycles. The normalized spacial score (nSPS) is 23.8. The fourth-order valence-corrected chi connectivity index (χ4v) is 2.87. The summed E-state index contributed by atoms with van der Waals surface area (Å²) in [6.07, 6.45) is 8.09. The monoisotopic (exact) mass is 248 g/mol. The van der Waals surface area contributed by atoms with E-state index in [1.165, 1.54) is 0 Å². The maximum absolute atomic E-state index is 12.0. The summed E-state index contributed by atoms with van der Waals surface area (Å²) in [5, 5.41) is 0. The number of ketones is 1. The van der Waals surface area contributed by atoms with E-state index in [1.807, 2.05) is 0 Å². The molecule has 1 aliphatic carbocycles. The van der Waals surface area contributed by atoms with Gasteiger partial charge in [-0.2, -0.15) is 4.79 Å². The second-order valence-corrected chi connectivity index (χ2v) is 4.61. The molecule has 4 heteroatoms. The Hall–Kier alpha value is -1.51. The van der Waals surface area contributed by atoms with E-state index in [1.54, 1.807) is 19.3 Å². The van der Waals surface area contributed by atoms with Crippen molar-refractivity contribution in [2.45, 2.75) is 31.3 Å². The Morgan fingerprint density at radius 2 is 2.00 bits per heavy atom. The molecule has 1 saturated carbocycles. The number of nitrogens with zero attached hydrogens (tertiary/aromatic N) is 2. The molecule has 1 fully saturated rings. The molecule has 0 amide bonds. The average molecular weight is 248 g/mol. The van der Waals surface area contributed by atoms with Crippen molar-refractivity contribution >= 4 is 12.0 Å². The Kier molecular flexibility index (Phi) is 5.20. The minimum Gasteiger partial charge on any atom is -0.370 e. The van der Waals surface area contributed by atoms with Gasteiger partial charge in [0, 0.05) is 18.9 Å². The molecule has 0 aliphatic heterocycles. The lowest BCUT2D eigenvalue weighted by atomic mass is 9.68. The molecule has 0 radical (unpaired) electrons. The van der Waals surface area contributed by atoms with E-state index in [0.717, 1.165) is 31.9 Å². The van der Waals surface area contributed by atoms with E-state index in [2.05, 4.69) is 17.9 Å². The maximum atomic E-state index is 12.0. The van der Waals surface area contributed by atoms with Crippen molar-refractivity contribution in [2.75, 3.05) is 7.11 Å². The minimum absolute atomic E-state index is 0.00301. The summed E-state index contributed by atoms with van der Waals surface area (Å²) in [4.78, 5) is 14.8. The molecule has 0 unspecified atom stereocenters. The van der Waals surface area contributed by atoms with Crippen LogP contribution in [-0.2, 0) is 9.53 Å². The number of carbonyl (C=O) groups excluding carboxylic acids is 1. The first-order chi connectivity index (χ1) is 8.65. The zero-order valence-electron chi connectivity index (χ0n) is 10.8. The standard InChI is InChI=1S/C14H20N2O2/c1-4-14(5-2,18-3)12-9-7-6-8-11(12)13(17)10-16-15/h4-5,10-12H,1-2,6-9H2,3H3/t11-,12-/m0/s1. The molecule has 0 bridgehead atoms. The fourth-order valence-electron chi connectivity index (χ4n) is 2.87. The first-order valence-corrected chi connectivity index (χ1v) is 6.18. The van der Waals surface area contributed by atoms with Crippen molar-refractivity contribution in [1.29, 1.82) is 0 Å². The van der Waals surface area contributed by atoms with Crippen LogP contribution in [0.3, 0.4) is 0 Å². The van der Waals surface area contributed by atoms with Gasteiger partial charge in [0.1, 0.15) is 5.60 Å². The lowest BCUT2D eigenvalue weighted by Gasteiger charge is -2.40. The van der Waals surface area contributed by atoms with Crippen molar-refractivity contribution in [3.05, 3.63) is 30.8 Å². The molecular weight excluding hydrogens is 228 g/mol. The van der Waals surface area contributed by atoms with Crippen molar-refractivity contribution in [3.63, 3.8) is 0 Å². The SMILES string of the molecule is C=CC(C=C)(OC)[C@H]1CCCC[C@@H]1C(=O)C=[N+]=[N-]. The predicted molar refractivity (Wildman–Crippen MR) is 70.3 cm³/mol. The quantitative estimate of drug-likeness (QED) is 0.313. The van der Waals surface area contributed by atoms with Crippen molar-refractivity contribution < 1.29 is 14.3 Å². The van der Waals surface area contributed by atoms with Crippen LogP contribution in [0.5, 0.6) is 0 Å². The topological polar surface area (TPSA) is 62.7 Å². The molecule has 18 heavy (non-hydrogen) atoms. The molecule has 0 saturated heterocycles. The highest BCUT2D eigenvalue weighted by atomic mass is 16.5. The molecule has 0 N–H and O–H groups in total. The van der Waals surface area contributed by atoms with Gasteiger partial charge in [-0.15, -0.1) is 0 Å². The van der Waals surface area contributed by atoms with Crippen LogP contribution >= 0.6 is 0 Å². The van der Waals surface area contributed by atoms with E-state index in [0.29, 0.717) is 0 Å². The third-order valence-corrected chi connectivity index (χ3v) is 3.89. The summed E-state index contributed by atoms with van der Waals surface area (Å²) in [7, 11) is 1.60. The van der Waals surface area contributed by atoms with Gasteiger partial charge in [0.2, 0.25) is 5.78 Å². The number of rotatable bonds is 6. The highest BCUT2D eigenvalue weighted by Crippen LogP contribution is 2.40. The van der Waals surface area contributed by atoms with E-state index >= 15 is 0 Å². The Balaban J connectivity index is 3.07. The van der Waals surface area contributed by atoms with Crippen molar-refractivity contribution in [3.8, 4) is 0 Å². The van der Waals surface area contributed by atoms with E-state index < -0.39 is 5.60 Å². The van der Waals surface area contributed by atoms with Gasteiger partial charge in [0.05, 0.1) is 0 Å². The zero-order chi connectivity index (χ0) is 13.6. The smallest absolute Gasteiger partial charge is 0.323 e. The molecule has 1 aliphatic rings. The van der Waals surface area contributed by atoms with Gasteiger partial charge in [-0.3, -0.25) is 4.79 Å². The van der Waals surface area contributed by atoms with Crippen LogP contribution in [0.25, 0.3) is 5.53 Å². The summed E-state index contributed by atoms with van der Waals surface area (Å²) >= 11 is 0. The summed E-state index contributed by atoms with van der Waals surface area (Å²) in [6, 6.07) is 0. The zero-order valence-corrected chi connectivity index (χ0v) is 10.8. The Morgan fingerprint density at radius 3 is 2.50 bits per heavy atom. The lowest BCUT2D eigenvalue weighted by Crippen LogP contribution is -2.44. The molecule has 0 aromatic rings. The summed E-state index contributed by atoms with van der Waals surface area (Å²) in [5.74, 6) is -0.366. The lowest BCUT2D eigenvalue weighted by molar-refractivity contribution is -0.126. The number of Topliss-reactive ketones (excluding diaryl/α,β-unsaturated/α-hetero) is 1. The second kappa shape index (κ2) is 6.43. The highest BCUT2D eigenvalue weighted by molar-refractivity contribution is 6.26. The molecule has 4 nitrogen and oxygen atoms in total. The van der Waals surface area contributed by atoms with Gasteiger partial charge in [-0.05, 0) is 12.8 Å². The number of hydrogen-bond acceptors (Lipinski definition) is 2. The third kappa shape index (κ3) is 2.66. The van der Waals surface area contributed by atoms with Gasteiger partial charge in [-0.25, -0.2) is 0 Å². The summed E-state index contributed by atoms with van der Waals surface area (Å²) < 4.78 is 5.54. The van der Waals surface area contributed by atoms with Crippen LogP contribution in [0.2, 0.25) is 0 Å². The van der Waals surface area contributed by atoms with Crippen LogP contribution in [0.1, 0.15) is 25.7 Å². The number of ether oxygens (including phenoxy) is 1. The molecule has 0 spiro atoms. The Morgan fingerprint density at radius 1 is 1.39 bits per heavy atom. The van der Waals surface area contributed by atoms with Crippen molar-refractivity contribution in [2.24, 2.45) is 11.8 Å². The first-order valence-electron chi connectivity index (χ1n) is 6.18. The van der Waals surface area contributed by atoms with Crippen molar-refractivity contribution in [1.82, 2.24) is 0 Å².